The first kappa shape index (κ1) is 26.7. The van der Waals surface area contributed by atoms with Crippen molar-refractivity contribution in [1.82, 2.24) is 9.80 Å². The first-order chi connectivity index (χ1) is 16.7. The monoisotopic (exact) mass is 522 g/mol. The number of nitrogens with zero attached hydrogens (tertiary/aromatic N) is 2. The van der Waals surface area contributed by atoms with Crippen molar-refractivity contribution >= 4 is 40.7 Å². The van der Waals surface area contributed by atoms with Gasteiger partial charge in [-0.25, -0.2) is 0 Å². The maximum absolute atomic E-state index is 13.2. The van der Waals surface area contributed by atoms with Gasteiger partial charge < -0.3 is 29.1 Å². The average Bonchev–Trinajstić information content (AvgIpc) is 3.07. The number of aliphatic hydroxyl groups excluding tert-OH is 1. The lowest BCUT2D eigenvalue weighted by molar-refractivity contribution is -0.140. The summed E-state index contributed by atoms with van der Waals surface area (Å²) in [4.78, 5) is 29.7. The Bertz CT molecular complexity index is 1150. The van der Waals surface area contributed by atoms with Crippen LogP contribution in [0.4, 0.5) is 0 Å². The summed E-state index contributed by atoms with van der Waals surface area (Å²) in [5, 5.41) is 11.5. The second-order valence-corrected chi connectivity index (χ2v) is 8.87. The van der Waals surface area contributed by atoms with E-state index in [0.717, 1.165) is 0 Å². The Labute approximate surface area is 214 Å². The van der Waals surface area contributed by atoms with E-state index >= 15 is 0 Å². The van der Waals surface area contributed by atoms with Gasteiger partial charge >= 0.3 is 0 Å². The number of amides is 1. The second kappa shape index (κ2) is 11.2. The van der Waals surface area contributed by atoms with Gasteiger partial charge in [-0.2, -0.15) is 0 Å². The quantitative estimate of drug-likeness (QED) is 0.296. The Balaban J connectivity index is 2.23. The fraction of sp³-hybridized carbons (Fsp3) is 0.360. The zero-order chi connectivity index (χ0) is 25.9. The normalized spacial score (nSPS) is 17.3. The highest BCUT2D eigenvalue weighted by Crippen LogP contribution is 2.47. The summed E-state index contributed by atoms with van der Waals surface area (Å²) in [5.41, 5.74) is 0.621. The van der Waals surface area contributed by atoms with Gasteiger partial charge in [-0.3, -0.25) is 9.59 Å². The van der Waals surface area contributed by atoms with Crippen molar-refractivity contribution < 1.29 is 28.9 Å². The number of methoxy groups -OCH3 is 2. The molecule has 3 rings (SSSR count). The van der Waals surface area contributed by atoms with E-state index < -0.39 is 23.5 Å². The van der Waals surface area contributed by atoms with E-state index in [9.17, 15) is 14.7 Å². The minimum atomic E-state index is -0.838. The number of hydrogen-bond donors (Lipinski definition) is 1. The van der Waals surface area contributed by atoms with E-state index in [2.05, 4.69) is 0 Å². The topological polar surface area (TPSA) is 88.5 Å². The number of carbonyl (C=O) groups excluding carboxylic acids is 2. The fourth-order valence-electron chi connectivity index (χ4n) is 3.97. The van der Waals surface area contributed by atoms with Gasteiger partial charge in [-0.05, 0) is 44.8 Å². The molecule has 1 atom stereocenters. The van der Waals surface area contributed by atoms with Gasteiger partial charge in [0.2, 0.25) is 0 Å². The number of halogens is 2. The minimum Gasteiger partial charge on any atom is -0.507 e. The number of aliphatic hydroxyl groups is 1. The van der Waals surface area contributed by atoms with E-state index in [4.69, 9.17) is 37.4 Å². The lowest BCUT2D eigenvalue weighted by Crippen LogP contribution is -2.35. The Morgan fingerprint density at radius 1 is 1.09 bits per heavy atom. The number of ether oxygens (including phenoxy) is 3. The molecule has 10 heteroatoms. The zero-order valence-corrected chi connectivity index (χ0v) is 21.7. The molecule has 2 aromatic rings. The molecule has 0 saturated carbocycles. The zero-order valence-electron chi connectivity index (χ0n) is 20.2. The molecule has 0 aromatic heterocycles. The van der Waals surface area contributed by atoms with Crippen molar-refractivity contribution in [2.45, 2.75) is 13.0 Å². The van der Waals surface area contributed by atoms with Crippen LogP contribution >= 0.6 is 23.2 Å². The van der Waals surface area contributed by atoms with Gasteiger partial charge in [-0.15, -0.1) is 0 Å². The Morgan fingerprint density at radius 3 is 2.26 bits per heavy atom. The molecule has 1 saturated heterocycles. The number of hydrogen-bond acceptors (Lipinski definition) is 7. The van der Waals surface area contributed by atoms with Crippen molar-refractivity contribution in [3.8, 4) is 17.2 Å². The number of benzene rings is 2. The van der Waals surface area contributed by atoms with Crippen LogP contribution in [0.2, 0.25) is 10.0 Å². The molecule has 1 aliphatic rings. The minimum absolute atomic E-state index is 0.0310. The summed E-state index contributed by atoms with van der Waals surface area (Å²) < 4.78 is 16.2. The number of likely N-dealkylation sites (tertiary alicyclic amines) is 1. The van der Waals surface area contributed by atoms with Gasteiger partial charge in [-0.1, -0.05) is 35.3 Å². The maximum Gasteiger partial charge on any atom is 0.295 e. The van der Waals surface area contributed by atoms with Crippen molar-refractivity contribution in [3.05, 3.63) is 57.1 Å². The molecule has 35 heavy (non-hydrogen) atoms. The van der Waals surface area contributed by atoms with Gasteiger partial charge in [0.15, 0.2) is 11.5 Å². The van der Waals surface area contributed by atoms with Gasteiger partial charge in [0.1, 0.15) is 16.5 Å². The molecular formula is C25H28Cl2N2O6. The maximum atomic E-state index is 13.2. The molecule has 1 heterocycles. The van der Waals surface area contributed by atoms with Crippen LogP contribution in [-0.2, 0) is 9.59 Å². The van der Waals surface area contributed by atoms with Crippen LogP contribution in [0.25, 0.3) is 5.76 Å². The van der Waals surface area contributed by atoms with E-state index in [1.165, 1.54) is 25.2 Å². The molecule has 188 valence electrons. The largest absolute Gasteiger partial charge is 0.507 e. The van der Waals surface area contributed by atoms with Crippen LogP contribution in [0.5, 0.6) is 17.2 Å². The Morgan fingerprint density at radius 2 is 1.71 bits per heavy atom. The molecule has 1 aliphatic heterocycles. The SMILES string of the molecule is CCOc1ccc(C2/C(=C(\O)c3cc(Cl)c(OC)c(Cl)c3OC)C(=O)C(=O)N2CCN(C)C)cc1. The molecule has 0 bridgehead atoms. The highest BCUT2D eigenvalue weighted by Gasteiger charge is 2.46. The summed E-state index contributed by atoms with van der Waals surface area (Å²) in [7, 11) is 6.50. The molecule has 1 N–H and O–H groups in total. The standard InChI is InChI=1S/C25H28Cl2N2O6/c1-6-35-15-9-7-14(8-10-15)20-18(22(31)25(32)29(20)12-11-28(2)3)21(30)16-13-17(26)24(34-5)19(27)23(16)33-4/h7-10,13,20,30H,6,11-12H2,1-5H3/b21-18+. The lowest BCUT2D eigenvalue weighted by atomic mass is 9.94. The van der Waals surface area contributed by atoms with E-state index in [-0.39, 0.29) is 39.2 Å². The number of ketones is 1. The summed E-state index contributed by atoms with van der Waals surface area (Å²) in [6.07, 6.45) is 0. The molecule has 0 spiro atoms. The summed E-state index contributed by atoms with van der Waals surface area (Å²) in [6, 6.07) is 7.60. The summed E-state index contributed by atoms with van der Waals surface area (Å²) in [6.45, 7) is 3.17. The van der Waals surface area contributed by atoms with Crippen LogP contribution in [-0.4, -0.2) is 74.6 Å². The third kappa shape index (κ3) is 5.19. The number of rotatable bonds is 9. The highest BCUT2D eigenvalue weighted by atomic mass is 35.5. The first-order valence-corrected chi connectivity index (χ1v) is 11.7. The molecule has 1 unspecified atom stereocenters. The van der Waals surface area contributed by atoms with Crippen LogP contribution < -0.4 is 14.2 Å². The van der Waals surface area contributed by atoms with Gasteiger partial charge in [0.25, 0.3) is 11.7 Å². The van der Waals surface area contributed by atoms with Crippen molar-refractivity contribution in [2.75, 3.05) is 48.0 Å². The summed E-state index contributed by atoms with van der Waals surface area (Å²) in [5.74, 6) is -1.09. The average molecular weight is 523 g/mol. The second-order valence-electron chi connectivity index (χ2n) is 8.08. The van der Waals surface area contributed by atoms with Crippen molar-refractivity contribution in [1.29, 1.82) is 0 Å². The Hall–Kier alpha value is -2.94. The molecule has 1 amide bonds. The van der Waals surface area contributed by atoms with Crippen LogP contribution in [0, 0.1) is 0 Å². The van der Waals surface area contributed by atoms with Crippen molar-refractivity contribution in [3.63, 3.8) is 0 Å². The van der Waals surface area contributed by atoms with Crippen LogP contribution in [0.3, 0.4) is 0 Å². The molecule has 8 nitrogen and oxygen atoms in total. The third-order valence-electron chi connectivity index (χ3n) is 5.63. The van der Waals surface area contributed by atoms with E-state index in [1.807, 2.05) is 25.9 Å². The van der Waals surface area contributed by atoms with Crippen LogP contribution in [0.15, 0.2) is 35.9 Å². The van der Waals surface area contributed by atoms with Crippen molar-refractivity contribution in [2.24, 2.45) is 0 Å². The number of Topliss-reactive ketones (excluding diaryl/α,β-unsaturated/α-hetero) is 1. The molecule has 2 aromatic carbocycles. The highest BCUT2D eigenvalue weighted by molar-refractivity contribution is 6.47. The first-order valence-electron chi connectivity index (χ1n) is 10.9. The molecule has 0 aliphatic carbocycles. The lowest BCUT2D eigenvalue weighted by Gasteiger charge is -2.27. The van der Waals surface area contributed by atoms with Gasteiger partial charge in [0.05, 0.1) is 43.0 Å². The smallest absolute Gasteiger partial charge is 0.295 e. The van der Waals surface area contributed by atoms with Gasteiger partial charge in [0, 0.05) is 13.1 Å². The fourth-order valence-corrected chi connectivity index (χ4v) is 4.66. The van der Waals surface area contributed by atoms with Crippen LogP contribution in [0.1, 0.15) is 24.1 Å². The predicted molar refractivity (Wildman–Crippen MR) is 135 cm³/mol. The predicted octanol–water partition coefficient (Wildman–Crippen LogP) is 4.39. The van der Waals surface area contributed by atoms with E-state index in [1.54, 1.807) is 24.3 Å². The molecular weight excluding hydrogens is 495 g/mol. The molecule has 0 radical (unpaired) electrons. The third-order valence-corrected chi connectivity index (χ3v) is 6.25. The van der Waals surface area contributed by atoms with E-state index in [0.29, 0.717) is 24.5 Å². The number of likely N-dealkylation sites (N-methyl/N-ethyl adjacent to an activating group) is 1. The summed E-state index contributed by atoms with van der Waals surface area (Å²) >= 11 is 12.7. The number of carbonyl (C=O) groups is 2. The Kier molecular flexibility index (Phi) is 8.53. The molecule has 1 fully saturated rings.